The standard InChI is InChI=1S/C12H19N3O5/c1-7(8(2)20-3)11(17)15-10(12(18)19)5-4-9(16)6-14-13/h6-8,10H,4-5H2,1-3H3,(H,15,17)(H,18,19)/t7-,8-,10-/m0/s1. The number of carbonyl (C=O) groups is 3. The Morgan fingerprint density at radius 3 is 2.45 bits per heavy atom. The highest BCUT2D eigenvalue weighted by molar-refractivity contribution is 6.25. The van der Waals surface area contributed by atoms with Gasteiger partial charge in [-0.2, -0.15) is 4.79 Å². The van der Waals surface area contributed by atoms with Crippen LogP contribution in [0.3, 0.4) is 0 Å². The third-order valence-electron chi connectivity index (χ3n) is 2.99. The van der Waals surface area contributed by atoms with Crippen molar-refractivity contribution in [2.24, 2.45) is 5.92 Å². The van der Waals surface area contributed by atoms with Crippen LogP contribution in [-0.2, 0) is 19.1 Å². The molecule has 0 radical (unpaired) electrons. The second kappa shape index (κ2) is 8.95. The van der Waals surface area contributed by atoms with Gasteiger partial charge < -0.3 is 20.7 Å². The molecule has 0 heterocycles. The van der Waals surface area contributed by atoms with Gasteiger partial charge in [0.15, 0.2) is 0 Å². The molecule has 20 heavy (non-hydrogen) atoms. The fourth-order valence-electron chi connectivity index (χ4n) is 1.39. The number of nitrogens with one attached hydrogen (secondary N) is 1. The van der Waals surface area contributed by atoms with Gasteiger partial charge in [0.05, 0.1) is 12.0 Å². The van der Waals surface area contributed by atoms with Crippen molar-refractivity contribution in [1.82, 2.24) is 5.32 Å². The zero-order valence-corrected chi connectivity index (χ0v) is 11.7. The van der Waals surface area contributed by atoms with E-state index >= 15 is 0 Å². The molecule has 0 unspecified atom stereocenters. The lowest BCUT2D eigenvalue weighted by Gasteiger charge is -2.20. The Balaban J connectivity index is 4.55. The zero-order chi connectivity index (χ0) is 15.7. The molecule has 0 saturated heterocycles. The van der Waals surface area contributed by atoms with Gasteiger partial charge in [0.25, 0.3) is 0 Å². The minimum atomic E-state index is -1.23. The van der Waals surface area contributed by atoms with Crippen molar-refractivity contribution < 1.29 is 29.0 Å². The van der Waals surface area contributed by atoms with Crippen LogP contribution in [0, 0.1) is 5.92 Å². The molecule has 0 aromatic rings. The Kier molecular flexibility index (Phi) is 8.03. The van der Waals surface area contributed by atoms with Crippen LogP contribution in [0.4, 0.5) is 0 Å². The summed E-state index contributed by atoms with van der Waals surface area (Å²) in [4.78, 5) is 36.5. The monoisotopic (exact) mass is 285 g/mol. The highest BCUT2D eigenvalue weighted by Crippen LogP contribution is 2.07. The summed E-state index contributed by atoms with van der Waals surface area (Å²) in [5.41, 5.74) is 8.17. The maximum Gasteiger partial charge on any atom is 0.326 e. The summed E-state index contributed by atoms with van der Waals surface area (Å²) in [6.07, 6.45) is 0.110. The van der Waals surface area contributed by atoms with Crippen LogP contribution < -0.4 is 5.32 Å². The van der Waals surface area contributed by atoms with Gasteiger partial charge in [-0.05, 0) is 13.3 Å². The quantitative estimate of drug-likeness (QED) is 0.346. The van der Waals surface area contributed by atoms with Gasteiger partial charge in [-0.15, -0.1) is 0 Å². The summed E-state index contributed by atoms with van der Waals surface area (Å²) >= 11 is 0. The molecule has 0 rings (SSSR count). The van der Waals surface area contributed by atoms with Crippen molar-refractivity contribution in [3.8, 4) is 0 Å². The third-order valence-corrected chi connectivity index (χ3v) is 2.99. The zero-order valence-electron chi connectivity index (χ0n) is 11.7. The van der Waals surface area contributed by atoms with Crippen LogP contribution in [0.1, 0.15) is 26.7 Å². The minimum absolute atomic E-state index is 0.0833. The predicted molar refractivity (Wildman–Crippen MR) is 69.1 cm³/mol. The molecule has 0 saturated carbocycles. The normalized spacial score (nSPS) is 14.6. The van der Waals surface area contributed by atoms with Gasteiger partial charge in [-0.1, -0.05) is 6.92 Å². The number of Topliss-reactive ketones (excluding diaryl/α,β-unsaturated/α-hetero) is 1. The van der Waals surface area contributed by atoms with E-state index in [0.717, 1.165) is 0 Å². The van der Waals surface area contributed by atoms with Crippen molar-refractivity contribution in [2.75, 3.05) is 7.11 Å². The molecule has 1 amide bonds. The largest absolute Gasteiger partial charge is 0.480 e. The van der Waals surface area contributed by atoms with Crippen molar-refractivity contribution in [1.29, 1.82) is 0 Å². The average Bonchev–Trinajstić information content (AvgIpc) is 2.41. The number of aliphatic carboxylic acids is 1. The van der Waals surface area contributed by atoms with E-state index in [4.69, 9.17) is 15.4 Å². The molecule has 0 spiro atoms. The SMILES string of the molecule is CO[C@@H](C)[C@H](C)C(=O)N[C@@H](CCC(=O)C=[N+]=[N-])C(=O)O. The van der Waals surface area contributed by atoms with Gasteiger partial charge in [-0.25, -0.2) is 4.79 Å². The predicted octanol–water partition coefficient (Wildman–Crippen LogP) is -0.123. The van der Waals surface area contributed by atoms with Crippen molar-refractivity contribution in [3.05, 3.63) is 5.53 Å². The maximum atomic E-state index is 11.8. The van der Waals surface area contributed by atoms with Gasteiger partial charge in [0.1, 0.15) is 6.04 Å². The summed E-state index contributed by atoms with van der Waals surface area (Å²) in [5, 5.41) is 11.4. The van der Waals surface area contributed by atoms with Crippen LogP contribution in [0.25, 0.3) is 5.53 Å². The fraction of sp³-hybridized carbons (Fsp3) is 0.667. The lowest BCUT2D eigenvalue weighted by Crippen LogP contribution is -2.45. The molecular formula is C12H19N3O5. The van der Waals surface area contributed by atoms with Crippen LogP contribution >= 0.6 is 0 Å². The van der Waals surface area contributed by atoms with E-state index in [1.54, 1.807) is 13.8 Å². The number of hydrogen-bond acceptors (Lipinski definition) is 4. The Hall–Kier alpha value is -2.05. The first-order valence-corrected chi connectivity index (χ1v) is 6.09. The van der Waals surface area contributed by atoms with Crippen molar-refractivity contribution in [3.63, 3.8) is 0 Å². The number of methoxy groups -OCH3 is 1. The second-order valence-electron chi connectivity index (χ2n) is 4.38. The smallest absolute Gasteiger partial charge is 0.326 e. The summed E-state index contributed by atoms with van der Waals surface area (Å²) in [6, 6.07) is -1.18. The molecule has 0 aromatic heterocycles. The molecule has 3 atom stereocenters. The highest BCUT2D eigenvalue weighted by Gasteiger charge is 2.26. The Bertz CT molecular complexity index is 417. The van der Waals surface area contributed by atoms with Crippen LogP contribution in [0.5, 0.6) is 0 Å². The molecule has 8 heteroatoms. The van der Waals surface area contributed by atoms with E-state index in [9.17, 15) is 14.4 Å². The Morgan fingerprint density at radius 1 is 1.40 bits per heavy atom. The van der Waals surface area contributed by atoms with Crippen molar-refractivity contribution in [2.45, 2.75) is 38.8 Å². The molecule has 0 fully saturated rings. The molecule has 0 aliphatic carbocycles. The second-order valence-corrected chi connectivity index (χ2v) is 4.38. The van der Waals surface area contributed by atoms with Gasteiger partial charge >= 0.3 is 12.2 Å². The van der Waals surface area contributed by atoms with E-state index in [2.05, 4.69) is 10.1 Å². The average molecular weight is 285 g/mol. The molecule has 8 nitrogen and oxygen atoms in total. The third kappa shape index (κ3) is 6.21. The number of nitrogens with zero attached hydrogens (tertiary/aromatic N) is 2. The molecular weight excluding hydrogens is 266 g/mol. The van der Waals surface area contributed by atoms with E-state index < -0.39 is 29.6 Å². The molecule has 112 valence electrons. The summed E-state index contributed by atoms with van der Waals surface area (Å²) < 4.78 is 5.00. The van der Waals surface area contributed by atoms with E-state index in [-0.39, 0.29) is 18.9 Å². The molecule has 0 aliphatic heterocycles. The fourth-order valence-corrected chi connectivity index (χ4v) is 1.39. The lowest BCUT2D eigenvalue weighted by molar-refractivity contribution is -0.143. The van der Waals surface area contributed by atoms with Crippen LogP contribution in [0.15, 0.2) is 0 Å². The lowest BCUT2D eigenvalue weighted by atomic mass is 10.0. The van der Waals surface area contributed by atoms with Gasteiger partial charge in [0.2, 0.25) is 11.7 Å². The number of ether oxygens (including phenoxy) is 1. The molecule has 0 aliphatic rings. The molecule has 2 N–H and O–H groups in total. The van der Waals surface area contributed by atoms with Gasteiger partial charge in [0, 0.05) is 13.5 Å². The van der Waals surface area contributed by atoms with E-state index in [0.29, 0.717) is 6.21 Å². The number of amides is 1. The summed E-state index contributed by atoms with van der Waals surface area (Å²) in [7, 11) is 1.45. The number of rotatable bonds is 9. The Morgan fingerprint density at radius 2 is 2.00 bits per heavy atom. The van der Waals surface area contributed by atoms with Gasteiger partial charge in [-0.3, -0.25) is 9.59 Å². The topological polar surface area (TPSA) is 129 Å². The first-order valence-electron chi connectivity index (χ1n) is 6.09. The highest BCUT2D eigenvalue weighted by atomic mass is 16.5. The number of carbonyl (C=O) groups excluding carboxylic acids is 2. The minimum Gasteiger partial charge on any atom is -0.480 e. The number of carboxylic acids is 1. The van der Waals surface area contributed by atoms with Crippen molar-refractivity contribution >= 4 is 23.9 Å². The van der Waals surface area contributed by atoms with E-state index in [1.165, 1.54) is 7.11 Å². The Labute approximate surface area is 116 Å². The number of ketones is 1. The number of carboxylic acid groups (broad SMARTS) is 1. The first-order chi connectivity index (χ1) is 9.33. The first kappa shape index (κ1) is 17.9. The number of hydrogen-bond donors (Lipinski definition) is 2. The molecule has 0 aromatic carbocycles. The van der Waals surface area contributed by atoms with Crippen LogP contribution in [-0.4, -0.2) is 53.0 Å². The molecule has 0 bridgehead atoms. The van der Waals surface area contributed by atoms with E-state index in [1.807, 2.05) is 0 Å². The summed E-state index contributed by atoms with van der Waals surface area (Å²) in [5.74, 6) is -2.73. The van der Waals surface area contributed by atoms with Crippen LogP contribution in [0.2, 0.25) is 0 Å². The maximum absolute atomic E-state index is 11.8. The summed E-state index contributed by atoms with van der Waals surface area (Å²) in [6.45, 7) is 3.31.